The maximum Gasteiger partial charge on any atom is 0.303 e. The van der Waals surface area contributed by atoms with Gasteiger partial charge < -0.3 is 5.11 Å². The van der Waals surface area contributed by atoms with Crippen LogP contribution < -0.4 is 0 Å². The smallest absolute Gasteiger partial charge is 0.303 e. The third-order valence-electron chi connectivity index (χ3n) is 12.5. The maximum absolute atomic E-state index is 14.2. The summed E-state index contributed by atoms with van der Waals surface area (Å²) in [7, 11) is 0. The zero-order chi connectivity index (χ0) is 27.6. The lowest BCUT2D eigenvalue weighted by atomic mass is 9.36. The van der Waals surface area contributed by atoms with Crippen molar-refractivity contribution < 1.29 is 19.5 Å². The molecule has 1 N–H and O–H groups in total. The minimum Gasteiger partial charge on any atom is -0.481 e. The van der Waals surface area contributed by atoms with E-state index in [1.807, 2.05) is 19.9 Å². The van der Waals surface area contributed by atoms with Crippen LogP contribution in [0, 0.1) is 62.1 Å². The number of nitriles is 1. The Labute approximate surface area is 223 Å². The van der Waals surface area contributed by atoms with Crippen molar-refractivity contribution in [2.24, 2.45) is 50.7 Å². The molecule has 5 heteroatoms. The van der Waals surface area contributed by atoms with Gasteiger partial charge in [0, 0.05) is 17.8 Å². The van der Waals surface area contributed by atoms with E-state index < -0.39 is 11.4 Å². The zero-order valence-electron chi connectivity index (χ0n) is 24.1. The Morgan fingerprint density at radius 3 is 2.30 bits per heavy atom. The number of nitrogens with zero attached hydrogens (tertiary/aromatic N) is 1. The van der Waals surface area contributed by atoms with Crippen molar-refractivity contribution in [3.05, 3.63) is 11.6 Å². The van der Waals surface area contributed by atoms with Gasteiger partial charge in [0.15, 0.2) is 5.78 Å². The molecule has 204 valence electrons. The minimum absolute atomic E-state index is 0.0781. The quantitative estimate of drug-likeness (QED) is 0.426. The van der Waals surface area contributed by atoms with Gasteiger partial charge in [0.1, 0.15) is 11.9 Å². The zero-order valence-corrected chi connectivity index (χ0v) is 24.1. The number of carbonyl (C=O) groups excluding carboxylic acids is 2. The molecule has 7 atom stereocenters. The second-order valence-electron chi connectivity index (χ2n) is 15.0. The van der Waals surface area contributed by atoms with Crippen LogP contribution in [-0.2, 0) is 14.4 Å². The highest BCUT2D eigenvalue weighted by Crippen LogP contribution is 2.71. The summed E-state index contributed by atoms with van der Waals surface area (Å²) in [5.74, 6) is -0.399. The van der Waals surface area contributed by atoms with Crippen molar-refractivity contribution in [3.63, 3.8) is 0 Å². The van der Waals surface area contributed by atoms with Crippen molar-refractivity contribution in [3.8, 4) is 6.07 Å². The fourth-order valence-corrected chi connectivity index (χ4v) is 9.20. The van der Waals surface area contributed by atoms with Crippen LogP contribution in [0.1, 0.15) is 113 Å². The summed E-state index contributed by atoms with van der Waals surface area (Å²) in [6, 6.07) is 2.17. The number of carbonyl (C=O) groups is 3. The van der Waals surface area contributed by atoms with Crippen LogP contribution in [0.5, 0.6) is 0 Å². The molecular formula is C32H47NO4. The summed E-state index contributed by atoms with van der Waals surface area (Å²) < 4.78 is 0. The summed E-state index contributed by atoms with van der Waals surface area (Å²) in [6.45, 7) is 15.3. The Balaban J connectivity index is 1.82. The van der Waals surface area contributed by atoms with Crippen LogP contribution in [0.4, 0.5) is 0 Å². The Morgan fingerprint density at radius 2 is 1.68 bits per heavy atom. The second-order valence-corrected chi connectivity index (χ2v) is 15.0. The molecule has 4 rings (SSSR count). The summed E-state index contributed by atoms with van der Waals surface area (Å²) in [5.41, 5.74) is -0.949. The predicted octanol–water partition coefficient (Wildman–Crippen LogP) is 7.15. The number of ketones is 2. The first kappa shape index (κ1) is 28.1. The molecule has 0 bridgehead atoms. The van der Waals surface area contributed by atoms with Gasteiger partial charge in [-0.05, 0) is 90.8 Å². The molecule has 37 heavy (non-hydrogen) atoms. The number of fused-ring (bicyclic) bond motifs is 5. The standard InChI is InChI=1S/C32H47NO4/c1-20-10-11-30(6)22(9-8-21(19-33)27(37)29(20,4)5)16-24(34)26-23-17-28(2,3)12-14-32(23,18-25(35)36)15-13-31(26,30)7/h8,20,22-23,26H,9-18H2,1-7H3,(H,35,36). The number of hydrogen-bond donors (Lipinski definition) is 1. The van der Waals surface area contributed by atoms with Gasteiger partial charge in [-0.15, -0.1) is 0 Å². The first-order valence-electron chi connectivity index (χ1n) is 14.4. The van der Waals surface area contributed by atoms with Crippen molar-refractivity contribution in [1.29, 1.82) is 5.26 Å². The lowest BCUT2D eigenvalue weighted by Crippen LogP contribution is -2.64. The molecule has 0 aromatic rings. The molecule has 3 saturated carbocycles. The first-order chi connectivity index (χ1) is 17.0. The van der Waals surface area contributed by atoms with Gasteiger partial charge in [-0.25, -0.2) is 0 Å². The predicted molar refractivity (Wildman–Crippen MR) is 143 cm³/mol. The molecule has 7 unspecified atom stereocenters. The van der Waals surface area contributed by atoms with Crippen molar-refractivity contribution >= 4 is 17.5 Å². The molecule has 0 saturated heterocycles. The van der Waals surface area contributed by atoms with Crippen LogP contribution in [0.2, 0.25) is 0 Å². The lowest BCUT2D eigenvalue weighted by molar-refractivity contribution is -0.197. The molecule has 0 heterocycles. The average Bonchev–Trinajstić information content (AvgIpc) is 2.80. The van der Waals surface area contributed by atoms with E-state index in [4.69, 9.17) is 0 Å². The molecule has 4 aliphatic carbocycles. The number of carboxylic acids is 1. The molecular weight excluding hydrogens is 462 g/mol. The Bertz CT molecular complexity index is 1060. The Morgan fingerprint density at radius 1 is 1.03 bits per heavy atom. The average molecular weight is 510 g/mol. The summed E-state index contributed by atoms with van der Waals surface area (Å²) >= 11 is 0. The number of allylic oxidation sites excluding steroid dienone is 2. The summed E-state index contributed by atoms with van der Waals surface area (Å²) in [5, 5.41) is 19.8. The Kier molecular flexibility index (Phi) is 6.87. The van der Waals surface area contributed by atoms with Gasteiger partial charge in [0.25, 0.3) is 0 Å². The largest absolute Gasteiger partial charge is 0.481 e. The fourth-order valence-electron chi connectivity index (χ4n) is 9.20. The third-order valence-corrected chi connectivity index (χ3v) is 12.5. The van der Waals surface area contributed by atoms with E-state index in [0.29, 0.717) is 12.8 Å². The van der Waals surface area contributed by atoms with Crippen molar-refractivity contribution in [2.75, 3.05) is 0 Å². The van der Waals surface area contributed by atoms with E-state index >= 15 is 0 Å². The van der Waals surface area contributed by atoms with Gasteiger partial charge >= 0.3 is 5.97 Å². The van der Waals surface area contributed by atoms with Gasteiger partial charge in [0.05, 0.1) is 12.0 Å². The van der Waals surface area contributed by atoms with Gasteiger partial charge in [0.2, 0.25) is 0 Å². The topological polar surface area (TPSA) is 95.2 Å². The molecule has 0 radical (unpaired) electrons. The van der Waals surface area contributed by atoms with Crippen molar-refractivity contribution in [1.82, 2.24) is 0 Å². The molecule has 5 nitrogen and oxygen atoms in total. The van der Waals surface area contributed by atoms with Crippen LogP contribution in [0.3, 0.4) is 0 Å². The number of rotatable bonds is 2. The van der Waals surface area contributed by atoms with Crippen LogP contribution in [-0.4, -0.2) is 22.6 Å². The molecule has 0 amide bonds. The maximum atomic E-state index is 14.2. The van der Waals surface area contributed by atoms with Gasteiger partial charge in [-0.1, -0.05) is 54.5 Å². The summed E-state index contributed by atoms with van der Waals surface area (Å²) in [6.07, 6.45) is 9.36. The van der Waals surface area contributed by atoms with Gasteiger partial charge in [-0.3, -0.25) is 14.4 Å². The number of Topliss-reactive ketones (excluding diaryl/α,β-unsaturated/α-hetero) is 2. The molecule has 4 aliphatic rings. The molecule has 3 fully saturated rings. The van der Waals surface area contributed by atoms with Crippen LogP contribution in [0.15, 0.2) is 11.6 Å². The number of hydrogen-bond acceptors (Lipinski definition) is 4. The van der Waals surface area contributed by atoms with Crippen molar-refractivity contribution in [2.45, 2.75) is 113 Å². The Hall–Kier alpha value is -1.96. The van der Waals surface area contributed by atoms with E-state index in [1.165, 1.54) is 0 Å². The second kappa shape index (κ2) is 9.06. The van der Waals surface area contributed by atoms with E-state index in [0.717, 1.165) is 44.9 Å². The van der Waals surface area contributed by atoms with E-state index in [-0.39, 0.29) is 68.9 Å². The van der Waals surface area contributed by atoms with Crippen LogP contribution >= 0.6 is 0 Å². The highest BCUT2D eigenvalue weighted by molar-refractivity contribution is 6.02. The lowest BCUT2D eigenvalue weighted by Gasteiger charge is -2.67. The summed E-state index contributed by atoms with van der Waals surface area (Å²) in [4.78, 5) is 39.5. The molecule has 0 aliphatic heterocycles. The van der Waals surface area contributed by atoms with Gasteiger partial charge in [-0.2, -0.15) is 5.26 Å². The number of aliphatic carboxylic acids is 1. The van der Waals surface area contributed by atoms with Crippen LogP contribution in [0.25, 0.3) is 0 Å². The van der Waals surface area contributed by atoms with E-state index in [1.54, 1.807) is 0 Å². The fraction of sp³-hybridized carbons (Fsp3) is 0.812. The molecule has 0 spiro atoms. The van der Waals surface area contributed by atoms with E-state index in [2.05, 4.69) is 40.7 Å². The first-order valence-corrected chi connectivity index (χ1v) is 14.4. The molecule has 0 aromatic heterocycles. The highest BCUT2D eigenvalue weighted by Gasteiger charge is 2.67. The SMILES string of the molecule is CC1CCC2(C)C(CC=C(C#N)C(=O)C1(C)C)CC(=O)C1C3CC(C)(C)CCC3(CC(=O)O)CCC12C. The number of carboxylic acid groups (broad SMARTS) is 1. The molecule has 0 aromatic carbocycles. The third kappa shape index (κ3) is 4.31. The van der Waals surface area contributed by atoms with E-state index in [9.17, 15) is 24.8 Å². The monoisotopic (exact) mass is 509 g/mol. The normalized spacial score (nSPS) is 43.4. The minimum atomic E-state index is -0.741. The highest BCUT2D eigenvalue weighted by atomic mass is 16.4.